The van der Waals surface area contributed by atoms with E-state index < -0.39 is 5.60 Å². The molecule has 0 radical (unpaired) electrons. The Labute approximate surface area is 208 Å². The standard InChI is InChI=1S/C30H52O4/c1-25(2)21-11-15-28(6)22(30(21,18-31)17-12-23(25)32)9-8-19-20(10-14-27(19,28)5)29(7)16-13-24(34-29)26(3,4)33/h19-24,31-33H,8-18H2,1-7H3/t19-,20+,21+,22+,23?,24+,27-,28-,29+,30-/m1/s1. The third kappa shape index (κ3) is 3.16. The largest absolute Gasteiger partial charge is 0.396 e. The lowest BCUT2D eigenvalue weighted by Gasteiger charge is -2.70. The van der Waals surface area contributed by atoms with E-state index in [-0.39, 0.29) is 46.1 Å². The number of hydrogen-bond acceptors (Lipinski definition) is 4. The fourth-order valence-corrected chi connectivity index (χ4v) is 11.1. The monoisotopic (exact) mass is 476 g/mol. The molecule has 4 nitrogen and oxygen atoms in total. The number of rotatable bonds is 3. The summed E-state index contributed by atoms with van der Waals surface area (Å²) in [4.78, 5) is 0. The van der Waals surface area contributed by atoms with Crippen molar-refractivity contribution in [3.05, 3.63) is 0 Å². The quantitative estimate of drug-likeness (QED) is 0.488. The van der Waals surface area contributed by atoms with E-state index in [0.717, 1.165) is 32.1 Å². The van der Waals surface area contributed by atoms with E-state index in [9.17, 15) is 15.3 Å². The average Bonchev–Trinajstić information content (AvgIpc) is 3.33. The molecule has 1 saturated heterocycles. The molecular formula is C30H52O4. The highest BCUT2D eigenvalue weighted by atomic mass is 16.5. The number of fused-ring (bicyclic) bond motifs is 5. The second-order valence-corrected chi connectivity index (χ2v) is 15.2. The van der Waals surface area contributed by atoms with Crippen LogP contribution >= 0.6 is 0 Å². The first kappa shape index (κ1) is 25.5. The van der Waals surface area contributed by atoms with Crippen molar-refractivity contribution in [3.63, 3.8) is 0 Å². The van der Waals surface area contributed by atoms with Gasteiger partial charge in [-0.1, -0.05) is 27.7 Å². The Morgan fingerprint density at radius 2 is 1.44 bits per heavy atom. The molecule has 1 aliphatic heterocycles. The van der Waals surface area contributed by atoms with E-state index in [1.807, 2.05) is 13.8 Å². The molecule has 4 aliphatic carbocycles. The summed E-state index contributed by atoms with van der Waals surface area (Å²) in [5, 5.41) is 32.5. The normalized spacial score (nSPS) is 54.9. The number of aliphatic hydroxyl groups is 3. The van der Waals surface area contributed by atoms with Crippen molar-refractivity contribution in [2.45, 2.75) is 136 Å². The zero-order valence-electron chi connectivity index (χ0n) is 23.0. The number of ether oxygens (including phenoxy) is 1. The summed E-state index contributed by atoms with van der Waals surface area (Å²) in [5.74, 6) is 2.12. The van der Waals surface area contributed by atoms with Crippen molar-refractivity contribution < 1.29 is 20.1 Å². The first-order chi connectivity index (χ1) is 15.7. The molecule has 0 aromatic heterocycles. The molecule has 0 amide bonds. The van der Waals surface area contributed by atoms with E-state index >= 15 is 0 Å². The van der Waals surface area contributed by atoms with Gasteiger partial charge in [-0.25, -0.2) is 0 Å². The van der Waals surface area contributed by atoms with Crippen molar-refractivity contribution in [2.24, 2.45) is 45.3 Å². The topological polar surface area (TPSA) is 69.9 Å². The molecule has 0 spiro atoms. The van der Waals surface area contributed by atoms with Crippen molar-refractivity contribution >= 4 is 0 Å². The van der Waals surface area contributed by atoms with Crippen LogP contribution in [-0.2, 0) is 4.74 Å². The Hall–Kier alpha value is -0.160. The summed E-state index contributed by atoms with van der Waals surface area (Å²) in [5.41, 5.74) is -0.635. The fraction of sp³-hybridized carbons (Fsp3) is 1.00. The molecule has 4 heteroatoms. The molecule has 10 atom stereocenters. The van der Waals surface area contributed by atoms with Crippen molar-refractivity contribution in [1.82, 2.24) is 0 Å². The van der Waals surface area contributed by atoms with Gasteiger partial charge in [-0.05, 0) is 125 Å². The van der Waals surface area contributed by atoms with Crippen molar-refractivity contribution in [3.8, 4) is 0 Å². The van der Waals surface area contributed by atoms with Crippen LogP contribution in [0.4, 0.5) is 0 Å². The first-order valence-corrected chi connectivity index (χ1v) is 14.3. The summed E-state index contributed by atoms with van der Waals surface area (Å²) < 4.78 is 6.71. The molecule has 196 valence electrons. The second kappa shape index (κ2) is 7.68. The lowest BCUT2D eigenvalue weighted by molar-refractivity contribution is -0.242. The van der Waals surface area contributed by atoms with E-state index in [1.165, 1.54) is 32.1 Å². The van der Waals surface area contributed by atoms with Gasteiger partial charge in [0.1, 0.15) is 0 Å². The van der Waals surface area contributed by atoms with E-state index in [1.54, 1.807) is 0 Å². The van der Waals surface area contributed by atoms with Crippen LogP contribution in [0.3, 0.4) is 0 Å². The highest BCUT2D eigenvalue weighted by molar-refractivity contribution is 5.19. The van der Waals surface area contributed by atoms with Crippen LogP contribution in [0.15, 0.2) is 0 Å². The van der Waals surface area contributed by atoms with Crippen LogP contribution in [0.1, 0.15) is 113 Å². The van der Waals surface area contributed by atoms with E-state index in [4.69, 9.17) is 4.74 Å². The maximum absolute atomic E-state index is 11.0. The van der Waals surface area contributed by atoms with Gasteiger partial charge in [-0.15, -0.1) is 0 Å². The minimum absolute atomic E-state index is 0.0540. The third-order valence-electron chi connectivity index (χ3n) is 13.3. The van der Waals surface area contributed by atoms with Crippen LogP contribution in [0.25, 0.3) is 0 Å². The Morgan fingerprint density at radius 3 is 2.06 bits per heavy atom. The molecule has 3 N–H and O–H groups in total. The molecular weight excluding hydrogens is 424 g/mol. The number of hydrogen-bond donors (Lipinski definition) is 3. The molecule has 4 saturated carbocycles. The van der Waals surface area contributed by atoms with Gasteiger partial charge in [-0.3, -0.25) is 0 Å². The zero-order valence-corrected chi connectivity index (χ0v) is 23.0. The third-order valence-corrected chi connectivity index (χ3v) is 13.3. The molecule has 5 fully saturated rings. The van der Waals surface area contributed by atoms with E-state index in [0.29, 0.717) is 23.7 Å². The van der Waals surface area contributed by atoms with Gasteiger partial charge in [0.2, 0.25) is 0 Å². The molecule has 5 rings (SSSR count). The van der Waals surface area contributed by atoms with Crippen LogP contribution in [0, 0.1) is 45.3 Å². The first-order valence-electron chi connectivity index (χ1n) is 14.3. The van der Waals surface area contributed by atoms with Crippen LogP contribution < -0.4 is 0 Å². The smallest absolute Gasteiger partial charge is 0.0865 e. The van der Waals surface area contributed by atoms with E-state index in [2.05, 4.69) is 34.6 Å². The minimum Gasteiger partial charge on any atom is -0.396 e. The molecule has 34 heavy (non-hydrogen) atoms. The Kier molecular flexibility index (Phi) is 5.76. The van der Waals surface area contributed by atoms with Crippen molar-refractivity contribution in [2.75, 3.05) is 6.61 Å². The summed E-state index contributed by atoms with van der Waals surface area (Å²) in [7, 11) is 0. The predicted octanol–water partition coefficient (Wildman–Crippen LogP) is 5.71. The summed E-state index contributed by atoms with van der Waals surface area (Å²) in [6.45, 7) is 16.1. The zero-order chi connectivity index (χ0) is 24.9. The van der Waals surface area contributed by atoms with Gasteiger partial charge < -0.3 is 20.1 Å². The Balaban J connectivity index is 1.46. The Morgan fingerprint density at radius 1 is 0.765 bits per heavy atom. The van der Waals surface area contributed by atoms with Crippen LogP contribution in [0.2, 0.25) is 0 Å². The predicted molar refractivity (Wildman–Crippen MR) is 135 cm³/mol. The van der Waals surface area contributed by atoms with Gasteiger partial charge in [0.05, 0.1) is 23.4 Å². The molecule has 0 aromatic rings. The van der Waals surface area contributed by atoms with Crippen molar-refractivity contribution in [1.29, 1.82) is 0 Å². The van der Waals surface area contributed by atoms with Gasteiger partial charge >= 0.3 is 0 Å². The van der Waals surface area contributed by atoms with Gasteiger partial charge in [-0.2, -0.15) is 0 Å². The lowest BCUT2D eigenvalue weighted by atomic mass is 9.35. The van der Waals surface area contributed by atoms with Gasteiger partial charge in [0.15, 0.2) is 0 Å². The molecule has 0 aromatic carbocycles. The van der Waals surface area contributed by atoms with Crippen LogP contribution in [0.5, 0.6) is 0 Å². The second-order valence-electron chi connectivity index (χ2n) is 15.2. The summed E-state index contributed by atoms with van der Waals surface area (Å²) >= 11 is 0. The molecule has 1 heterocycles. The molecule has 5 aliphatic rings. The highest BCUT2D eigenvalue weighted by Gasteiger charge is 2.70. The van der Waals surface area contributed by atoms with Gasteiger partial charge in [0.25, 0.3) is 0 Å². The fourth-order valence-electron chi connectivity index (χ4n) is 11.1. The van der Waals surface area contributed by atoms with Crippen LogP contribution in [-0.4, -0.2) is 45.3 Å². The Bertz CT molecular complexity index is 802. The average molecular weight is 477 g/mol. The SMILES string of the molecule is CC(C)(O)[C@@H]1CC[C@@](C)([C@H]2CC[C@]3(C)[C@@H]2CC[C@@H]2[C@@]4(CO)CCC(O)C(C)(C)[C@@H]4CC[C@]23C)O1. The maximum atomic E-state index is 11.0. The summed E-state index contributed by atoms with van der Waals surface area (Å²) in [6, 6.07) is 0. The lowest BCUT2D eigenvalue weighted by Crippen LogP contribution is -2.66. The molecule has 0 bridgehead atoms. The van der Waals surface area contributed by atoms with Gasteiger partial charge in [0, 0.05) is 12.0 Å². The number of aliphatic hydroxyl groups excluding tert-OH is 2. The highest BCUT2D eigenvalue weighted by Crippen LogP contribution is 2.76. The minimum atomic E-state index is -0.784. The molecule has 1 unspecified atom stereocenters. The maximum Gasteiger partial charge on any atom is 0.0865 e. The summed E-state index contributed by atoms with van der Waals surface area (Å²) in [6.07, 6.45) is 10.7.